The van der Waals surface area contributed by atoms with Crippen molar-refractivity contribution in [3.05, 3.63) is 59.7 Å². The topological polar surface area (TPSA) is 38.8 Å². The summed E-state index contributed by atoms with van der Waals surface area (Å²) in [4.78, 5) is 19.8. The zero-order valence-electron chi connectivity index (χ0n) is 16.7. The second-order valence-corrected chi connectivity index (χ2v) is 8.07. The summed E-state index contributed by atoms with van der Waals surface area (Å²) in [6.07, 6.45) is 2.07. The first-order chi connectivity index (χ1) is 13.8. The number of hydrogen-bond acceptors (Lipinski definition) is 4. The smallest absolute Gasteiger partial charge is 0.244 e. The predicted molar refractivity (Wildman–Crippen MR) is 120 cm³/mol. The lowest BCUT2D eigenvalue weighted by atomic mass is 10.1. The van der Waals surface area contributed by atoms with Crippen molar-refractivity contribution in [3.8, 4) is 0 Å². The molecule has 1 unspecified atom stereocenters. The Labute approximate surface area is 179 Å². The molecule has 0 aromatic heterocycles. The third-order valence-corrected chi connectivity index (χ3v) is 6.42. The van der Waals surface area contributed by atoms with Crippen molar-refractivity contribution in [1.29, 1.82) is 0 Å². The molecule has 5 rings (SSSR count). The molecule has 1 atom stereocenters. The summed E-state index contributed by atoms with van der Waals surface area (Å²) in [6.45, 7) is 6.89. The summed E-state index contributed by atoms with van der Waals surface area (Å²) < 4.78 is 0. The number of halogens is 1. The van der Waals surface area contributed by atoms with Crippen LogP contribution in [0.25, 0.3) is 0 Å². The van der Waals surface area contributed by atoms with Crippen LogP contribution >= 0.6 is 12.4 Å². The highest BCUT2D eigenvalue weighted by Gasteiger charge is 2.37. The SMILES string of the molecule is Cl.O=C1C(N2CCN(Cc3cccc4c3NCC4)CC2)CCN1c1ccccc1. The molecule has 0 spiro atoms. The molecule has 3 heterocycles. The van der Waals surface area contributed by atoms with E-state index in [1.165, 1.54) is 16.8 Å². The molecule has 3 aliphatic rings. The monoisotopic (exact) mass is 412 g/mol. The molecule has 5 nitrogen and oxygen atoms in total. The normalized spacial score (nSPS) is 22.3. The number of carbonyl (C=O) groups is 1. The van der Waals surface area contributed by atoms with Crippen LogP contribution in [-0.4, -0.2) is 61.0 Å². The molecular weight excluding hydrogens is 384 g/mol. The fourth-order valence-corrected chi connectivity index (χ4v) is 4.88. The largest absolute Gasteiger partial charge is 0.384 e. The van der Waals surface area contributed by atoms with E-state index >= 15 is 0 Å². The number of amides is 1. The average molecular weight is 413 g/mol. The highest BCUT2D eigenvalue weighted by molar-refractivity contribution is 5.99. The van der Waals surface area contributed by atoms with Crippen molar-refractivity contribution in [2.75, 3.05) is 49.5 Å². The summed E-state index contributed by atoms with van der Waals surface area (Å²) in [5.41, 5.74) is 5.25. The molecule has 2 aromatic carbocycles. The van der Waals surface area contributed by atoms with Gasteiger partial charge in [-0.1, -0.05) is 36.4 Å². The maximum Gasteiger partial charge on any atom is 0.244 e. The van der Waals surface area contributed by atoms with Gasteiger partial charge in [0.15, 0.2) is 0 Å². The quantitative estimate of drug-likeness (QED) is 0.837. The molecular formula is C23H29ClN4O. The lowest BCUT2D eigenvalue weighted by Crippen LogP contribution is -2.52. The van der Waals surface area contributed by atoms with Gasteiger partial charge < -0.3 is 10.2 Å². The number of para-hydroxylation sites is 2. The minimum Gasteiger partial charge on any atom is -0.384 e. The van der Waals surface area contributed by atoms with Crippen LogP contribution in [0.15, 0.2) is 48.5 Å². The van der Waals surface area contributed by atoms with E-state index in [1.807, 2.05) is 35.2 Å². The summed E-state index contributed by atoms with van der Waals surface area (Å²) in [7, 11) is 0. The van der Waals surface area contributed by atoms with Crippen LogP contribution in [0.5, 0.6) is 0 Å². The van der Waals surface area contributed by atoms with E-state index in [9.17, 15) is 4.79 Å². The Bertz CT molecular complexity index is 851. The van der Waals surface area contributed by atoms with E-state index in [2.05, 4.69) is 33.3 Å². The molecule has 1 amide bonds. The van der Waals surface area contributed by atoms with Crippen molar-refractivity contribution < 1.29 is 4.79 Å². The Morgan fingerprint density at radius 1 is 0.931 bits per heavy atom. The minimum absolute atomic E-state index is 0. The highest BCUT2D eigenvalue weighted by Crippen LogP contribution is 2.28. The van der Waals surface area contributed by atoms with Gasteiger partial charge in [-0.3, -0.25) is 14.6 Å². The van der Waals surface area contributed by atoms with Gasteiger partial charge >= 0.3 is 0 Å². The number of nitrogens with one attached hydrogen (secondary N) is 1. The zero-order valence-corrected chi connectivity index (χ0v) is 17.5. The highest BCUT2D eigenvalue weighted by atomic mass is 35.5. The summed E-state index contributed by atoms with van der Waals surface area (Å²) in [5, 5.41) is 3.55. The lowest BCUT2D eigenvalue weighted by molar-refractivity contribution is -0.122. The third-order valence-electron chi connectivity index (χ3n) is 6.42. The number of piperazine rings is 1. The van der Waals surface area contributed by atoms with Gasteiger partial charge in [0.25, 0.3) is 0 Å². The van der Waals surface area contributed by atoms with Gasteiger partial charge in [0.2, 0.25) is 5.91 Å². The standard InChI is InChI=1S/C23H28N4O.ClH/c28-23-21(10-12-27(23)20-7-2-1-3-8-20)26-15-13-25(14-16-26)17-19-6-4-5-18-9-11-24-22(18)19;/h1-8,21,24H,9-17H2;1H. The lowest BCUT2D eigenvalue weighted by Gasteiger charge is -2.37. The number of nitrogens with zero attached hydrogens (tertiary/aromatic N) is 3. The molecule has 1 N–H and O–H groups in total. The molecule has 2 saturated heterocycles. The molecule has 0 saturated carbocycles. The van der Waals surface area contributed by atoms with Crippen molar-refractivity contribution in [2.24, 2.45) is 0 Å². The van der Waals surface area contributed by atoms with Gasteiger partial charge in [0.1, 0.15) is 0 Å². The van der Waals surface area contributed by atoms with Crippen LogP contribution in [-0.2, 0) is 17.8 Å². The first kappa shape index (κ1) is 20.2. The number of fused-ring (bicyclic) bond motifs is 1. The Morgan fingerprint density at radius 3 is 2.52 bits per heavy atom. The van der Waals surface area contributed by atoms with Gasteiger partial charge in [0.05, 0.1) is 6.04 Å². The Morgan fingerprint density at radius 2 is 1.72 bits per heavy atom. The maximum atomic E-state index is 13.0. The summed E-state index contributed by atoms with van der Waals surface area (Å²) >= 11 is 0. The molecule has 3 aliphatic heterocycles. The van der Waals surface area contributed by atoms with Crippen molar-refractivity contribution in [2.45, 2.75) is 25.4 Å². The van der Waals surface area contributed by atoms with Crippen LogP contribution in [0.3, 0.4) is 0 Å². The second-order valence-electron chi connectivity index (χ2n) is 8.07. The zero-order chi connectivity index (χ0) is 18.9. The summed E-state index contributed by atoms with van der Waals surface area (Å²) in [5.74, 6) is 0.268. The summed E-state index contributed by atoms with van der Waals surface area (Å²) in [6, 6.07) is 16.8. The molecule has 2 fully saturated rings. The van der Waals surface area contributed by atoms with Crippen molar-refractivity contribution in [3.63, 3.8) is 0 Å². The van der Waals surface area contributed by atoms with Crippen LogP contribution in [0.2, 0.25) is 0 Å². The van der Waals surface area contributed by atoms with Crippen LogP contribution in [0.4, 0.5) is 11.4 Å². The number of rotatable bonds is 4. The number of anilines is 2. The Kier molecular flexibility index (Phi) is 6.09. The van der Waals surface area contributed by atoms with Gasteiger partial charge in [-0.15, -0.1) is 12.4 Å². The van der Waals surface area contributed by atoms with Crippen molar-refractivity contribution in [1.82, 2.24) is 9.80 Å². The molecule has 2 aromatic rings. The van der Waals surface area contributed by atoms with E-state index in [-0.39, 0.29) is 24.4 Å². The number of benzene rings is 2. The number of carbonyl (C=O) groups excluding carboxylic acids is 1. The van der Waals surface area contributed by atoms with Crippen LogP contribution in [0, 0.1) is 0 Å². The Balaban J connectivity index is 0.00000205. The fraction of sp³-hybridized carbons (Fsp3) is 0.435. The van der Waals surface area contributed by atoms with Crippen LogP contribution < -0.4 is 10.2 Å². The van der Waals surface area contributed by atoms with Crippen molar-refractivity contribution >= 4 is 29.7 Å². The maximum absolute atomic E-state index is 13.0. The predicted octanol–water partition coefficient (Wildman–Crippen LogP) is 3.00. The van der Waals surface area contributed by atoms with E-state index in [4.69, 9.17) is 0 Å². The van der Waals surface area contributed by atoms with Gasteiger partial charge in [0, 0.05) is 57.2 Å². The molecule has 154 valence electrons. The van der Waals surface area contributed by atoms with Gasteiger partial charge in [-0.05, 0) is 36.1 Å². The molecule has 0 bridgehead atoms. The minimum atomic E-state index is 0. The Hall–Kier alpha value is -2.08. The van der Waals surface area contributed by atoms with E-state index in [1.54, 1.807) is 0 Å². The third kappa shape index (κ3) is 4.00. The van der Waals surface area contributed by atoms with E-state index < -0.39 is 0 Å². The molecule has 0 aliphatic carbocycles. The van der Waals surface area contributed by atoms with Gasteiger partial charge in [-0.2, -0.15) is 0 Å². The second kappa shape index (κ2) is 8.74. The van der Waals surface area contributed by atoms with Gasteiger partial charge in [-0.25, -0.2) is 0 Å². The molecule has 6 heteroatoms. The first-order valence-corrected chi connectivity index (χ1v) is 10.5. The number of hydrogen-bond donors (Lipinski definition) is 1. The average Bonchev–Trinajstić information content (AvgIpc) is 3.37. The molecule has 0 radical (unpaired) electrons. The first-order valence-electron chi connectivity index (χ1n) is 10.5. The fourth-order valence-electron chi connectivity index (χ4n) is 4.88. The van der Waals surface area contributed by atoms with E-state index in [0.717, 1.165) is 64.3 Å². The van der Waals surface area contributed by atoms with E-state index in [0.29, 0.717) is 0 Å². The molecule has 29 heavy (non-hydrogen) atoms. The van der Waals surface area contributed by atoms with Crippen LogP contribution in [0.1, 0.15) is 17.5 Å².